The number of hydrogen-bond donors (Lipinski definition) is 2. The van der Waals surface area contributed by atoms with Gasteiger partial charge in [-0.15, -0.1) is 35.3 Å². The number of halogens is 1. The highest BCUT2D eigenvalue weighted by atomic mass is 127. The molecule has 0 aliphatic carbocycles. The second-order valence-electron chi connectivity index (χ2n) is 5.69. The monoisotopic (exact) mass is 461 g/mol. The van der Waals surface area contributed by atoms with E-state index in [0.717, 1.165) is 50.6 Å². The van der Waals surface area contributed by atoms with Crippen LogP contribution in [0.5, 0.6) is 0 Å². The van der Waals surface area contributed by atoms with Crippen molar-refractivity contribution in [1.29, 1.82) is 0 Å². The SMILES string of the molecule is I.OC1CCN(C(=NCc2cccs2)NCCc2ccco2)CC1. The highest BCUT2D eigenvalue weighted by Gasteiger charge is 2.19. The fourth-order valence-corrected chi connectivity index (χ4v) is 3.28. The van der Waals surface area contributed by atoms with Crippen LogP contribution in [0.15, 0.2) is 45.3 Å². The van der Waals surface area contributed by atoms with Gasteiger partial charge in [-0.3, -0.25) is 0 Å². The van der Waals surface area contributed by atoms with Gasteiger partial charge in [0.1, 0.15) is 5.76 Å². The van der Waals surface area contributed by atoms with Gasteiger partial charge in [-0.05, 0) is 36.4 Å². The maximum atomic E-state index is 9.69. The Bertz CT molecular complexity index is 593. The lowest BCUT2D eigenvalue weighted by Crippen LogP contribution is -2.47. The quantitative estimate of drug-likeness (QED) is 0.408. The largest absolute Gasteiger partial charge is 0.469 e. The molecule has 0 bridgehead atoms. The number of nitrogens with one attached hydrogen (secondary N) is 1. The summed E-state index contributed by atoms with van der Waals surface area (Å²) in [6.45, 7) is 3.17. The van der Waals surface area contributed by atoms with Crippen LogP contribution in [0.3, 0.4) is 0 Å². The fourth-order valence-electron chi connectivity index (χ4n) is 2.65. The predicted molar refractivity (Wildman–Crippen MR) is 108 cm³/mol. The van der Waals surface area contributed by atoms with E-state index in [1.54, 1.807) is 17.6 Å². The van der Waals surface area contributed by atoms with Gasteiger partial charge in [0.25, 0.3) is 0 Å². The van der Waals surface area contributed by atoms with Crippen molar-refractivity contribution in [3.63, 3.8) is 0 Å². The van der Waals surface area contributed by atoms with Gasteiger partial charge >= 0.3 is 0 Å². The number of hydrogen-bond acceptors (Lipinski definition) is 4. The van der Waals surface area contributed by atoms with Crippen LogP contribution in [-0.4, -0.2) is 41.7 Å². The van der Waals surface area contributed by atoms with Crippen LogP contribution in [0, 0.1) is 0 Å². The molecule has 2 aromatic rings. The van der Waals surface area contributed by atoms with Crippen molar-refractivity contribution in [2.24, 2.45) is 4.99 Å². The lowest BCUT2D eigenvalue weighted by molar-refractivity contribution is 0.108. The molecule has 5 nitrogen and oxygen atoms in total. The van der Waals surface area contributed by atoms with Gasteiger partial charge < -0.3 is 19.7 Å². The summed E-state index contributed by atoms with van der Waals surface area (Å²) in [5.41, 5.74) is 0. The summed E-state index contributed by atoms with van der Waals surface area (Å²) < 4.78 is 5.37. The summed E-state index contributed by atoms with van der Waals surface area (Å²) in [4.78, 5) is 8.26. The summed E-state index contributed by atoms with van der Waals surface area (Å²) in [7, 11) is 0. The van der Waals surface area contributed by atoms with Crippen LogP contribution < -0.4 is 5.32 Å². The number of nitrogens with zero attached hydrogens (tertiary/aromatic N) is 2. The second-order valence-corrected chi connectivity index (χ2v) is 6.73. The molecule has 2 N–H and O–H groups in total. The molecule has 0 spiro atoms. The Morgan fingerprint density at radius 3 is 2.83 bits per heavy atom. The van der Waals surface area contributed by atoms with E-state index in [4.69, 9.17) is 9.41 Å². The van der Waals surface area contributed by atoms with E-state index >= 15 is 0 Å². The summed E-state index contributed by atoms with van der Waals surface area (Å²) in [6.07, 6.45) is 3.97. The first-order valence-electron chi connectivity index (χ1n) is 8.07. The Kier molecular flexibility index (Phi) is 8.07. The fraction of sp³-hybridized carbons (Fsp3) is 0.471. The highest BCUT2D eigenvalue weighted by molar-refractivity contribution is 14.0. The molecule has 1 aliphatic heterocycles. The molecule has 1 fully saturated rings. The molecule has 1 aliphatic rings. The van der Waals surface area contributed by atoms with E-state index in [-0.39, 0.29) is 30.1 Å². The molecule has 2 aromatic heterocycles. The molecular weight excluding hydrogens is 437 g/mol. The van der Waals surface area contributed by atoms with Crippen LogP contribution in [0.1, 0.15) is 23.5 Å². The Hall–Kier alpha value is -1.06. The minimum absolute atomic E-state index is 0. The lowest BCUT2D eigenvalue weighted by atomic mass is 10.1. The number of aliphatic hydroxyl groups is 1. The molecule has 0 aromatic carbocycles. The first kappa shape index (κ1) is 19.3. The first-order valence-corrected chi connectivity index (χ1v) is 8.95. The lowest BCUT2D eigenvalue weighted by Gasteiger charge is -2.32. The third kappa shape index (κ3) is 5.78. The van der Waals surface area contributed by atoms with Gasteiger partial charge in [-0.2, -0.15) is 0 Å². The van der Waals surface area contributed by atoms with Crippen molar-refractivity contribution >= 4 is 41.3 Å². The van der Waals surface area contributed by atoms with E-state index in [2.05, 4.69) is 27.7 Å². The van der Waals surface area contributed by atoms with Gasteiger partial charge in [0, 0.05) is 30.9 Å². The second kappa shape index (κ2) is 10.0. The van der Waals surface area contributed by atoms with Crippen molar-refractivity contribution in [3.8, 4) is 0 Å². The minimum Gasteiger partial charge on any atom is -0.469 e. The van der Waals surface area contributed by atoms with E-state index in [1.807, 2.05) is 12.1 Å². The average molecular weight is 461 g/mol. The van der Waals surface area contributed by atoms with Crippen LogP contribution in [0.25, 0.3) is 0 Å². The van der Waals surface area contributed by atoms with Gasteiger partial charge in [-0.25, -0.2) is 4.99 Å². The topological polar surface area (TPSA) is 61.0 Å². The van der Waals surface area contributed by atoms with E-state index in [0.29, 0.717) is 6.54 Å². The summed E-state index contributed by atoms with van der Waals surface area (Å²) >= 11 is 1.73. The molecule has 0 atom stereocenters. The van der Waals surface area contributed by atoms with Gasteiger partial charge in [-0.1, -0.05) is 6.07 Å². The number of aliphatic imine (C=N–C) groups is 1. The predicted octanol–water partition coefficient (Wildman–Crippen LogP) is 3.10. The molecule has 0 saturated carbocycles. The van der Waals surface area contributed by atoms with Crippen LogP contribution >= 0.6 is 35.3 Å². The normalized spacial score (nSPS) is 16.0. The van der Waals surface area contributed by atoms with Crippen molar-refractivity contribution < 1.29 is 9.52 Å². The average Bonchev–Trinajstić information content (AvgIpc) is 3.25. The molecule has 132 valence electrons. The molecule has 0 amide bonds. The Labute approximate surface area is 163 Å². The summed E-state index contributed by atoms with van der Waals surface area (Å²) in [5, 5.41) is 15.2. The van der Waals surface area contributed by atoms with Crippen molar-refractivity contribution in [2.45, 2.75) is 31.9 Å². The van der Waals surface area contributed by atoms with Gasteiger partial charge in [0.2, 0.25) is 0 Å². The highest BCUT2D eigenvalue weighted by Crippen LogP contribution is 2.13. The van der Waals surface area contributed by atoms with Crippen LogP contribution in [-0.2, 0) is 13.0 Å². The third-order valence-corrected chi connectivity index (χ3v) is 4.82. The number of furan rings is 1. The number of piperidine rings is 1. The molecule has 1 saturated heterocycles. The third-order valence-electron chi connectivity index (χ3n) is 3.96. The van der Waals surface area contributed by atoms with Crippen molar-refractivity contribution in [2.75, 3.05) is 19.6 Å². The zero-order chi connectivity index (χ0) is 15.9. The molecule has 0 radical (unpaired) electrons. The van der Waals surface area contributed by atoms with E-state index in [1.165, 1.54) is 4.88 Å². The molecular formula is C17H24IN3O2S. The van der Waals surface area contributed by atoms with Crippen LogP contribution in [0.4, 0.5) is 0 Å². The molecule has 7 heteroatoms. The van der Waals surface area contributed by atoms with Crippen LogP contribution in [0.2, 0.25) is 0 Å². The van der Waals surface area contributed by atoms with E-state index < -0.39 is 0 Å². The number of likely N-dealkylation sites (tertiary alicyclic amines) is 1. The molecule has 24 heavy (non-hydrogen) atoms. The molecule has 3 rings (SSSR count). The number of rotatable bonds is 5. The van der Waals surface area contributed by atoms with Gasteiger partial charge in [0.05, 0.1) is 18.9 Å². The standard InChI is InChI=1S/C17H23N3O2S.HI/c21-14-6-9-20(10-7-14)17(19-13-16-4-2-12-23-16)18-8-5-15-3-1-11-22-15;/h1-4,11-12,14,21H,5-10,13H2,(H,18,19);1H. The number of guanidine groups is 1. The number of thiophene rings is 1. The number of aliphatic hydroxyl groups excluding tert-OH is 1. The Balaban J connectivity index is 0.00000208. The van der Waals surface area contributed by atoms with E-state index in [9.17, 15) is 5.11 Å². The zero-order valence-corrected chi connectivity index (χ0v) is 16.7. The minimum atomic E-state index is -0.173. The summed E-state index contributed by atoms with van der Waals surface area (Å²) in [5.74, 6) is 1.90. The summed E-state index contributed by atoms with van der Waals surface area (Å²) in [6, 6.07) is 8.06. The van der Waals surface area contributed by atoms with Gasteiger partial charge in [0.15, 0.2) is 5.96 Å². The maximum absolute atomic E-state index is 9.69. The zero-order valence-electron chi connectivity index (χ0n) is 13.6. The maximum Gasteiger partial charge on any atom is 0.194 e. The molecule has 0 unspecified atom stereocenters. The Morgan fingerprint density at radius 2 is 2.17 bits per heavy atom. The molecule has 3 heterocycles. The van der Waals surface area contributed by atoms with Crippen molar-refractivity contribution in [1.82, 2.24) is 10.2 Å². The Morgan fingerprint density at radius 1 is 1.33 bits per heavy atom. The smallest absolute Gasteiger partial charge is 0.194 e. The van der Waals surface area contributed by atoms with Crippen molar-refractivity contribution in [3.05, 3.63) is 46.5 Å². The first-order chi connectivity index (χ1) is 11.3.